The number of nitrogens with zero attached hydrogens (tertiary/aromatic N) is 21. The largest absolute Gasteiger partial charge is 0.476 e. The van der Waals surface area contributed by atoms with Crippen molar-refractivity contribution in [2.45, 2.75) is 261 Å². The minimum atomic E-state index is -2.94. The summed E-state index contributed by atoms with van der Waals surface area (Å²) in [6.07, 6.45) is -97.6. The van der Waals surface area contributed by atoms with Crippen molar-refractivity contribution in [2.24, 2.45) is 0 Å². The highest BCUT2D eigenvalue weighted by Crippen LogP contribution is 2.42. The van der Waals surface area contributed by atoms with Crippen molar-refractivity contribution in [1.29, 1.82) is 0 Å². The minimum absolute atomic E-state index is 0.173. The van der Waals surface area contributed by atoms with E-state index in [0.717, 1.165) is 0 Å². The molecule has 21 saturated heterocycles. The van der Waals surface area contributed by atoms with E-state index in [9.17, 15) is 210 Å². The first-order chi connectivity index (χ1) is 69.3. The van der Waals surface area contributed by atoms with Crippen molar-refractivity contribution >= 4 is 83.6 Å². The zero-order chi connectivity index (χ0) is 107. The second-order valence-corrected chi connectivity index (χ2v) is 32.9. The highest BCUT2D eigenvalue weighted by atomic mass is 16.8. The number of ether oxygens (including phenoxy) is 14. The van der Waals surface area contributed by atoms with Crippen molar-refractivity contribution in [3.63, 3.8) is 0 Å². The summed E-state index contributed by atoms with van der Waals surface area (Å²) < 4.78 is 86.4. The van der Waals surface area contributed by atoms with Crippen molar-refractivity contribution in [2.75, 3.05) is 0 Å². The number of carbonyl (C=O) groups is 14. The summed E-state index contributed by atoms with van der Waals surface area (Å²) in [7, 11) is 0. The summed E-state index contributed by atoms with van der Waals surface area (Å²) in [6, 6.07) is 0. The van der Waals surface area contributed by atoms with Gasteiger partial charge in [0.2, 0.25) is 39.9 Å². The van der Waals surface area contributed by atoms with E-state index in [2.05, 4.69) is 72.2 Å². The van der Waals surface area contributed by atoms with Crippen LogP contribution in [-0.2, 0) is 112 Å². The Bertz CT molecular complexity index is 5230. The molecule has 77 nitrogen and oxygen atoms in total. The Labute approximate surface area is 803 Å². The first kappa shape index (κ1) is 107. The lowest BCUT2D eigenvalue weighted by atomic mass is 9.94. The third kappa shape index (κ3) is 20.4. The van der Waals surface area contributed by atoms with Gasteiger partial charge in [0.05, 0.1) is 45.8 Å². The van der Waals surface area contributed by atoms with Gasteiger partial charge >= 0.3 is 83.6 Å². The fourth-order valence-electron chi connectivity index (χ4n) is 17.2. The molecule has 7 aromatic heterocycles. The third-order valence-electron chi connectivity index (χ3n) is 24.0. The van der Waals surface area contributed by atoms with Crippen molar-refractivity contribution in [3.8, 4) is 0 Å². The molecule has 0 radical (unpaired) electrons. The Morgan fingerprint density at radius 1 is 0.163 bits per heavy atom. The Morgan fingerprint density at radius 3 is 0.354 bits per heavy atom. The van der Waals surface area contributed by atoms with Crippen LogP contribution in [0.15, 0.2) is 0 Å². The molecule has 28 N–H and O–H groups in total. The van der Waals surface area contributed by atoms with Crippen molar-refractivity contribution in [3.05, 3.63) is 79.7 Å². The molecule has 0 amide bonds. The molecule has 21 aliphatic heterocycles. The quantitative estimate of drug-likeness (QED) is 0.0217. The Morgan fingerprint density at radius 2 is 0.265 bits per heavy atom. The highest BCUT2D eigenvalue weighted by molar-refractivity contribution is 6.03. The van der Waals surface area contributed by atoms with E-state index in [4.69, 9.17) is 66.3 Å². The number of rotatable bonds is 28. The van der Waals surface area contributed by atoms with Crippen LogP contribution < -0.4 is 0 Å². The number of carboxylic acid groups (broad SMARTS) is 14. The minimum Gasteiger partial charge on any atom is -0.476 e. The molecule has 147 heavy (non-hydrogen) atoms. The number of aromatic nitrogens is 21. The number of aliphatic hydroxyl groups is 14. The zero-order valence-corrected chi connectivity index (χ0v) is 72.5. The van der Waals surface area contributed by atoms with Gasteiger partial charge in [0.25, 0.3) is 0 Å². The molecule has 28 rings (SSSR count). The van der Waals surface area contributed by atoms with Gasteiger partial charge in [0.1, 0.15) is 171 Å². The van der Waals surface area contributed by atoms with Crippen molar-refractivity contribution < 1.29 is 276 Å². The number of hydrogen-bond donors (Lipinski definition) is 28. The fraction of sp³-hybridized carbons (Fsp3) is 0.600. The maximum atomic E-state index is 13.0. The summed E-state index contributed by atoms with van der Waals surface area (Å²) in [5.41, 5.74) is -19.5. The van der Waals surface area contributed by atoms with Crippen LogP contribution in [0, 0.1) is 0 Å². The predicted octanol–water partition coefficient (Wildman–Crippen LogP) is -17.4. The second-order valence-electron chi connectivity index (χ2n) is 32.9. The molecule has 21 fully saturated rings. The average molecular weight is 2110 g/mol. The summed E-state index contributed by atoms with van der Waals surface area (Å²) in [6.45, 7) is -10.2. The van der Waals surface area contributed by atoms with Crippen LogP contribution in [0.4, 0.5) is 0 Å². The number of hydrogen-bond acceptors (Lipinski definition) is 56. The Balaban J connectivity index is 0.900. The van der Waals surface area contributed by atoms with Gasteiger partial charge in [-0.3, -0.25) is 0 Å². The fourth-order valence-corrected chi connectivity index (χ4v) is 17.2. The standard InChI is InChI=1S/C70H77N21O56/c92-29-36(99)64-134-8(1-85-22(57(120)121)15(50(106)107)71-78-85)43(29)141-65-37(100)30(93)45(10(135-65)3-87-24(59(124)125)17(52(110)111)73-80-87)143-67-39(102)32(95)47(12(137-67)5-89-26(61(128)129)19(54(114)115)75-82-89)145-69-41(104)34(97)49(14(139-69)7-91-28(63(132)133)21(56(118)119)77-84-91)147-70-42(105)35(98)48(13(140-70)6-90-27(62(130)131)20(55(116)117)76-83-90)146-68-40(103)33(96)46(11(138-68)4-88-25(60(126)127)18(53(112)113)74-81-88)144-66-38(101)31(94)44(142-64)9(136-66)2-86-23(58(122)123)16(51(108)109)72-79-86/h8-14,29-49,64-70,92-105H,1-7H2,(H,106,107)(H,108,109)(H,110,111)(H,112,113)(H,114,115)(H,116,117)(H,118,119)(H,120,121)(H,122,123)(H,124,125)(H,126,127)(H,128,129)(H,130,131)(H,132,133)/t8-,9-,10-,11-,12-,13-,14-,29-,30-,31-,32-,33-,34-,35-,36-,37-,38-,39-,40-,41-,42-,43-,44-,45-,46-,47-,48-,49-,64-,65-,66-,67-,68-,69-,70-/m1/s1. The average Bonchev–Trinajstić information content (AvgIpc) is 1.52. The molecule has 21 aliphatic rings. The van der Waals surface area contributed by atoms with Gasteiger partial charge in [0, 0.05) is 0 Å². The van der Waals surface area contributed by atoms with E-state index >= 15 is 0 Å². The number of carboxylic acids is 14. The lowest BCUT2D eigenvalue weighted by molar-refractivity contribution is -0.395. The molecule has 798 valence electrons. The molecule has 0 aliphatic carbocycles. The molecule has 14 bridgehead atoms. The normalized spacial score (nSPS) is 34.3. The van der Waals surface area contributed by atoms with E-state index in [-0.39, 0.29) is 32.8 Å². The van der Waals surface area contributed by atoms with E-state index in [0.29, 0.717) is 0 Å². The number of aliphatic hydroxyl groups excluding tert-OH is 14. The molecular formula is C70H77N21O56. The van der Waals surface area contributed by atoms with Crippen LogP contribution >= 0.6 is 0 Å². The zero-order valence-electron chi connectivity index (χ0n) is 72.5. The Hall–Kier alpha value is -14.6. The lowest BCUT2D eigenvalue weighted by Gasteiger charge is -2.50. The Kier molecular flexibility index (Phi) is 30.6. The molecule has 28 heterocycles. The summed E-state index contributed by atoms with van der Waals surface area (Å²) in [4.78, 5) is 179. The summed E-state index contributed by atoms with van der Waals surface area (Å²) in [5, 5.41) is 367. The van der Waals surface area contributed by atoms with Crippen LogP contribution in [0.2, 0.25) is 0 Å². The van der Waals surface area contributed by atoms with Gasteiger partial charge in [-0.05, 0) is 0 Å². The smallest absolute Gasteiger partial charge is 0.359 e. The van der Waals surface area contributed by atoms with Crippen LogP contribution in [0.1, 0.15) is 147 Å². The van der Waals surface area contributed by atoms with Gasteiger partial charge in [-0.1, -0.05) is 36.5 Å². The van der Waals surface area contributed by atoms with E-state index in [1.165, 1.54) is 0 Å². The van der Waals surface area contributed by atoms with Crippen LogP contribution in [-0.4, -0.2) is 546 Å². The van der Waals surface area contributed by atoms with Gasteiger partial charge in [-0.25, -0.2) is 99.9 Å². The van der Waals surface area contributed by atoms with Crippen LogP contribution in [0.3, 0.4) is 0 Å². The van der Waals surface area contributed by atoms with Gasteiger partial charge in [-0.15, -0.1) is 35.7 Å². The lowest BCUT2D eigenvalue weighted by Crippen LogP contribution is -2.68. The maximum absolute atomic E-state index is 13.0. The molecule has 77 heteroatoms. The third-order valence-corrected chi connectivity index (χ3v) is 24.0. The van der Waals surface area contributed by atoms with Gasteiger partial charge in [-0.2, -0.15) is 0 Å². The molecule has 7 aromatic rings. The molecular weight excluding hydrogens is 2030 g/mol. The van der Waals surface area contributed by atoms with Gasteiger partial charge < -0.3 is 209 Å². The maximum Gasteiger partial charge on any atom is 0.359 e. The second kappa shape index (κ2) is 42.1. The summed E-state index contributed by atoms with van der Waals surface area (Å²) in [5.74, 6) is -30.3. The first-order valence-electron chi connectivity index (χ1n) is 41.8. The molecule has 0 spiro atoms. The van der Waals surface area contributed by atoms with E-state index < -0.39 is 424 Å². The number of aromatic carboxylic acids is 14. The molecule has 35 atom stereocenters. The van der Waals surface area contributed by atoms with Gasteiger partial charge in [0.15, 0.2) is 83.9 Å². The first-order valence-corrected chi connectivity index (χ1v) is 41.8. The summed E-state index contributed by atoms with van der Waals surface area (Å²) >= 11 is 0. The van der Waals surface area contributed by atoms with Crippen LogP contribution in [0.5, 0.6) is 0 Å². The monoisotopic (exact) mass is 2110 g/mol. The van der Waals surface area contributed by atoms with E-state index in [1.54, 1.807) is 0 Å². The topological polar surface area (TPSA) is 1150 Å². The highest BCUT2D eigenvalue weighted by Gasteiger charge is 2.62. The molecule has 0 aromatic carbocycles. The predicted molar refractivity (Wildman–Crippen MR) is 416 cm³/mol. The van der Waals surface area contributed by atoms with Crippen LogP contribution in [0.25, 0.3) is 0 Å². The SMILES string of the molecule is O=C(O)c1nnn(C[C@H]2O[C@@H]3O[C@H]4[C@H](O)[C@@H](O)[C@@H](O[C@H]5[C@H](O)[C@@H](O)[C@@H](O[C@H]6[C@H](O)[C@@H](O)[C@@H](O[C@H]7[C@H](O)[C@@H](O)[C@@H](O[C@H]8[C@H](O)[C@@H](O)[C@@H](O[C@H]9[C@H](O)[C@@H](O)[C@@H](O[C@H]2[C@H](O)[C@H]3O)O[C@@H]9Cn2nnc(C(=O)O)c2C(=O)O)O[C@@H]8Cn2nnc(C(=O)O)c2C(=O)O)O[C@@H]7Cn2nnc(C(=O)O)c2C(=O)O)O[C@@H]6Cn2nnc(C(=O)O)c2C(=O)O)O[C@@H]5Cn2nnc(C(=O)O)c2C(=O)O)O[C@@H]4Cn2nnc(C(=O)O)c2C(=O)O)c1C(=O)O. The molecule has 0 unspecified atom stereocenters. The van der Waals surface area contributed by atoms with E-state index in [1.807, 2.05) is 0 Å². The molecule has 0 saturated carbocycles. The van der Waals surface area contributed by atoms with Crippen molar-refractivity contribution in [1.82, 2.24) is 105 Å².